The normalized spacial score (nSPS) is 11.3. The molecule has 1 heterocycles. The average Bonchev–Trinajstić information content (AvgIpc) is 2.97. The lowest BCUT2D eigenvalue weighted by molar-refractivity contribution is -0.159. The van der Waals surface area contributed by atoms with Crippen molar-refractivity contribution >= 4 is 12.2 Å². The van der Waals surface area contributed by atoms with Crippen molar-refractivity contribution in [2.45, 2.75) is 19.5 Å². The van der Waals surface area contributed by atoms with Crippen LogP contribution in [0.4, 0.5) is 13.2 Å². The molecule has 2 rings (SSSR count). The molecule has 1 N–H and O–H groups in total. The standard InChI is InChI=1S/C14H12F3N3O3/c1-8-7-9(12(22)18-5-2-6-21)3-4-10(8)11-19-13(23-20-11)14(15,16)17/h3-4,6-7H,2,5H2,1H3,(H,18,22). The predicted octanol–water partition coefficient (Wildman–Crippen LogP) is 2.38. The molecule has 1 aromatic heterocycles. The van der Waals surface area contributed by atoms with Crippen LogP contribution in [0.3, 0.4) is 0 Å². The highest BCUT2D eigenvalue weighted by molar-refractivity contribution is 5.95. The van der Waals surface area contributed by atoms with Crippen molar-refractivity contribution in [2.75, 3.05) is 6.54 Å². The van der Waals surface area contributed by atoms with Crippen molar-refractivity contribution in [1.29, 1.82) is 0 Å². The highest BCUT2D eigenvalue weighted by Gasteiger charge is 2.38. The number of amides is 1. The van der Waals surface area contributed by atoms with Crippen molar-refractivity contribution in [3.8, 4) is 11.4 Å². The van der Waals surface area contributed by atoms with E-state index in [4.69, 9.17) is 0 Å². The molecule has 0 radical (unpaired) electrons. The number of aldehydes is 1. The summed E-state index contributed by atoms with van der Waals surface area (Å²) < 4.78 is 41.6. The molecule has 1 amide bonds. The Bertz CT molecular complexity index is 726. The van der Waals surface area contributed by atoms with Gasteiger partial charge in [-0.15, -0.1) is 0 Å². The van der Waals surface area contributed by atoms with Crippen LogP contribution in [-0.4, -0.2) is 28.9 Å². The van der Waals surface area contributed by atoms with Crippen LogP contribution in [0.15, 0.2) is 22.7 Å². The van der Waals surface area contributed by atoms with Gasteiger partial charge in [0, 0.05) is 24.1 Å². The Kier molecular flexibility index (Phi) is 4.77. The number of carbonyl (C=O) groups is 2. The molecule has 6 nitrogen and oxygen atoms in total. The topological polar surface area (TPSA) is 85.1 Å². The predicted molar refractivity (Wildman–Crippen MR) is 72.5 cm³/mol. The minimum Gasteiger partial charge on any atom is -0.352 e. The van der Waals surface area contributed by atoms with E-state index in [0.717, 1.165) is 0 Å². The molecule has 9 heteroatoms. The largest absolute Gasteiger partial charge is 0.471 e. The molecule has 0 atom stereocenters. The number of carbonyl (C=O) groups excluding carboxylic acids is 2. The van der Waals surface area contributed by atoms with Gasteiger partial charge in [-0.25, -0.2) is 0 Å². The minimum atomic E-state index is -4.71. The molecule has 0 aliphatic rings. The first-order valence-electron chi connectivity index (χ1n) is 6.56. The summed E-state index contributed by atoms with van der Waals surface area (Å²) in [6.45, 7) is 1.82. The van der Waals surface area contributed by atoms with E-state index < -0.39 is 12.1 Å². The molecular formula is C14H12F3N3O3. The highest BCUT2D eigenvalue weighted by atomic mass is 19.4. The number of hydrogen-bond acceptors (Lipinski definition) is 5. The van der Waals surface area contributed by atoms with Crippen LogP contribution in [0.5, 0.6) is 0 Å². The number of nitrogens with zero attached hydrogens (tertiary/aromatic N) is 2. The van der Waals surface area contributed by atoms with E-state index in [9.17, 15) is 22.8 Å². The average molecular weight is 327 g/mol. The lowest BCUT2D eigenvalue weighted by atomic mass is 10.0. The summed E-state index contributed by atoms with van der Waals surface area (Å²) in [5.74, 6) is -2.02. The summed E-state index contributed by atoms with van der Waals surface area (Å²) in [5.41, 5.74) is 1.16. The third-order valence-electron chi connectivity index (χ3n) is 2.95. The van der Waals surface area contributed by atoms with Crippen LogP contribution in [-0.2, 0) is 11.0 Å². The van der Waals surface area contributed by atoms with E-state index >= 15 is 0 Å². The Labute approximate surface area is 128 Å². The first-order chi connectivity index (χ1) is 10.8. The number of benzene rings is 1. The van der Waals surface area contributed by atoms with Gasteiger partial charge in [-0.05, 0) is 24.6 Å². The van der Waals surface area contributed by atoms with Gasteiger partial charge in [0.2, 0.25) is 5.82 Å². The Morgan fingerprint density at radius 2 is 2.13 bits per heavy atom. The molecule has 0 aliphatic heterocycles. The Morgan fingerprint density at radius 3 is 2.70 bits per heavy atom. The van der Waals surface area contributed by atoms with Crippen LogP contribution < -0.4 is 5.32 Å². The zero-order chi connectivity index (χ0) is 17.0. The number of nitrogens with one attached hydrogen (secondary N) is 1. The van der Waals surface area contributed by atoms with Crippen molar-refractivity contribution in [1.82, 2.24) is 15.5 Å². The Morgan fingerprint density at radius 1 is 1.39 bits per heavy atom. The number of alkyl halides is 3. The first-order valence-corrected chi connectivity index (χ1v) is 6.56. The van der Waals surface area contributed by atoms with Crippen LogP contribution in [0.25, 0.3) is 11.4 Å². The van der Waals surface area contributed by atoms with Crippen LogP contribution >= 0.6 is 0 Å². The summed E-state index contributed by atoms with van der Waals surface area (Å²) in [4.78, 5) is 25.3. The summed E-state index contributed by atoms with van der Waals surface area (Å²) in [5, 5.41) is 5.85. The van der Waals surface area contributed by atoms with Crippen LogP contribution in [0, 0.1) is 6.92 Å². The molecule has 2 aromatic rings. The molecule has 0 saturated heterocycles. The van der Waals surface area contributed by atoms with Gasteiger partial charge >= 0.3 is 12.1 Å². The molecular weight excluding hydrogens is 315 g/mol. The van der Waals surface area contributed by atoms with Crippen molar-refractivity contribution in [2.24, 2.45) is 0 Å². The highest BCUT2D eigenvalue weighted by Crippen LogP contribution is 2.30. The number of hydrogen-bond donors (Lipinski definition) is 1. The van der Waals surface area contributed by atoms with Gasteiger partial charge in [-0.1, -0.05) is 11.2 Å². The number of halogens is 3. The second kappa shape index (κ2) is 6.59. The summed E-state index contributed by atoms with van der Waals surface area (Å²) in [6, 6.07) is 4.37. The summed E-state index contributed by atoms with van der Waals surface area (Å²) in [6.07, 6.45) is -3.83. The van der Waals surface area contributed by atoms with E-state index in [1.54, 1.807) is 6.92 Å². The van der Waals surface area contributed by atoms with E-state index in [0.29, 0.717) is 23.0 Å². The van der Waals surface area contributed by atoms with Gasteiger partial charge < -0.3 is 14.6 Å². The van der Waals surface area contributed by atoms with Crippen LogP contribution in [0.1, 0.15) is 28.2 Å². The van der Waals surface area contributed by atoms with Gasteiger partial charge in [-0.2, -0.15) is 18.2 Å². The molecule has 0 aliphatic carbocycles. The maximum atomic E-state index is 12.5. The van der Waals surface area contributed by atoms with E-state index in [-0.39, 0.29) is 24.7 Å². The molecule has 0 spiro atoms. The van der Waals surface area contributed by atoms with Crippen molar-refractivity contribution < 1.29 is 27.3 Å². The fourth-order valence-corrected chi connectivity index (χ4v) is 1.85. The molecule has 0 unspecified atom stereocenters. The number of aromatic nitrogens is 2. The molecule has 122 valence electrons. The van der Waals surface area contributed by atoms with Crippen molar-refractivity contribution in [3.05, 3.63) is 35.2 Å². The molecule has 0 bridgehead atoms. The number of aryl methyl sites for hydroxylation is 1. The lowest BCUT2D eigenvalue weighted by Gasteiger charge is -2.06. The monoisotopic (exact) mass is 327 g/mol. The van der Waals surface area contributed by atoms with Gasteiger partial charge in [-0.3, -0.25) is 4.79 Å². The molecule has 23 heavy (non-hydrogen) atoms. The quantitative estimate of drug-likeness (QED) is 0.673. The zero-order valence-electron chi connectivity index (χ0n) is 12.0. The number of rotatable bonds is 5. The summed E-state index contributed by atoms with van der Waals surface area (Å²) in [7, 11) is 0. The molecule has 0 fully saturated rings. The molecule has 0 saturated carbocycles. The van der Waals surface area contributed by atoms with Crippen LogP contribution in [0.2, 0.25) is 0 Å². The third kappa shape index (κ3) is 3.93. The first kappa shape index (κ1) is 16.7. The Balaban J connectivity index is 2.21. The zero-order valence-corrected chi connectivity index (χ0v) is 12.0. The fourth-order valence-electron chi connectivity index (χ4n) is 1.85. The van der Waals surface area contributed by atoms with Gasteiger partial charge in [0.15, 0.2) is 0 Å². The van der Waals surface area contributed by atoms with E-state index in [1.165, 1.54) is 18.2 Å². The SMILES string of the molecule is Cc1cc(C(=O)NCCC=O)ccc1-c1noc(C(F)(F)F)n1. The van der Waals surface area contributed by atoms with E-state index in [1.807, 2.05) is 0 Å². The summed E-state index contributed by atoms with van der Waals surface area (Å²) >= 11 is 0. The molecule has 1 aromatic carbocycles. The smallest absolute Gasteiger partial charge is 0.352 e. The van der Waals surface area contributed by atoms with E-state index in [2.05, 4.69) is 20.0 Å². The fraction of sp³-hybridized carbons (Fsp3) is 0.286. The second-order valence-electron chi connectivity index (χ2n) is 4.66. The van der Waals surface area contributed by atoms with Gasteiger partial charge in [0.25, 0.3) is 5.91 Å². The second-order valence-corrected chi connectivity index (χ2v) is 4.66. The third-order valence-corrected chi connectivity index (χ3v) is 2.95. The minimum absolute atomic E-state index is 0.200. The van der Waals surface area contributed by atoms with Crippen molar-refractivity contribution in [3.63, 3.8) is 0 Å². The van der Waals surface area contributed by atoms with Gasteiger partial charge in [0.1, 0.15) is 6.29 Å². The Hall–Kier alpha value is -2.71. The maximum Gasteiger partial charge on any atom is 0.471 e. The lowest BCUT2D eigenvalue weighted by Crippen LogP contribution is -2.24. The van der Waals surface area contributed by atoms with Gasteiger partial charge in [0.05, 0.1) is 0 Å². The maximum absolute atomic E-state index is 12.5.